The fourth-order valence-corrected chi connectivity index (χ4v) is 2.45. The summed E-state index contributed by atoms with van der Waals surface area (Å²) < 4.78 is 10.9. The zero-order chi connectivity index (χ0) is 15.9. The summed E-state index contributed by atoms with van der Waals surface area (Å²) in [4.78, 5) is 15.5. The van der Waals surface area contributed by atoms with Gasteiger partial charge in [-0.2, -0.15) is 0 Å². The van der Waals surface area contributed by atoms with Crippen LogP contribution in [0.15, 0.2) is 30.5 Å². The molecule has 0 saturated heterocycles. The Bertz CT molecular complexity index is 603. The monoisotopic (exact) mass is 304 g/mol. The van der Waals surface area contributed by atoms with Crippen molar-refractivity contribution in [2.24, 2.45) is 5.73 Å². The molecule has 0 aliphatic rings. The Morgan fingerprint density at radius 3 is 2.59 bits per heavy atom. The number of rotatable bonds is 9. The summed E-state index contributed by atoms with van der Waals surface area (Å²) in [5, 5.41) is 1.08. The maximum atomic E-state index is 12.4. The first kappa shape index (κ1) is 16.7. The van der Waals surface area contributed by atoms with Gasteiger partial charge >= 0.3 is 0 Å². The number of nitrogens with two attached hydrogens (primary N) is 1. The Labute approximate surface area is 130 Å². The molecule has 22 heavy (non-hydrogen) atoms. The van der Waals surface area contributed by atoms with Crippen molar-refractivity contribution in [3.8, 4) is 0 Å². The molecule has 1 atom stereocenters. The normalized spacial score (nSPS) is 12.9. The average molecular weight is 304 g/mol. The molecule has 0 bridgehead atoms. The number of Topliss-reactive ketones (excluding diaryl/α,β-unsaturated/α-hetero) is 1. The highest BCUT2D eigenvalue weighted by Crippen LogP contribution is 2.16. The minimum atomic E-state index is -0.546. The van der Waals surface area contributed by atoms with Gasteiger partial charge in [0.15, 0.2) is 12.1 Å². The van der Waals surface area contributed by atoms with Crippen molar-refractivity contribution in [3.63, 3.8) is 0 Å². The third kappa shape index (κ3) is 4.16. The van der Waals surface area contributed by atoms with Crippen molar-refractivity contribution in [1.29, 1.82) is 0 Å². The lowest BCUT2D eigenvalue weighted by atomic mass is 10.00. The summed E-state index contributed by atoms with van der Waals surface area (Å²) in [5.74, 6) is -0.0525. The number of hydrogen-bond donors (Lipinski definition) is 2. The Morgan fingerprint density at radius 2 is 1.91 bits per heavy atom. The highest BCUT2D eigenvalue weighted by atomic mass is 16.7. The Kier molecular flexibility index (Phi) is 6.12. The van der Waals surface area contributed by atoms with Crippen molar-refractivity contribution >= 4 is 16.7 Å². The number of nitrogens with one attached hydrogen (secondary N) is 1. The summed E-state index contributed by atoms with van der Waals surface area (Å²) >= 11 is 0. The molecule has 0 aliphatic heterocycles. The summed E-state index contributed by atoms with van der Waals surface area (Å²) in [5.41, 5.74) is 7.61. The Hall–Kier alpha value is -1.69. The van der Waals surface area contributed by atoms with E-state index in [0.717, 1.165) is 10.9 Å². The predicted octanol–water partition coefficient (Wildman–Crippen LogP) is 2.86. The van der Waals surface area contributed by atoms with Crippen LogP contribution in [0.4, 0.5) is 0 Å². The molecule has 0 spiro atoms. The zero-order valence-corrected chi connectivity index (χ0v) is 13.2. The van der Waals surface area contributed by atoms with E-state index in [1.54, 1.807) is 0 Å². The molecule has 0 saturated carbocycles. The molecule has 0 radical (unpaired) electrons. The van der Waals surface area contributed by atoms with Crippen LogP contribution in [0.1, 0.15) is 37.0 Å². The first-order valence-electron chi connectivity index (χ1n) is 7.75. The standard InChI is InChI=1S/C17H24N2O3/c1-3-21-16(22-4-2)8-7-14(18)17(20)13-6-5-12-9-10-19-15(12)11-13/h5-6,9-11,14,16,19H,3-4,7-8,18H2,1-2H3. The van der Waals surface area contributed by atoms with E-state index < -0.39 is 6.04 Å². The number of ketones is 1. The van der Waals surface area contributed by atoms with E-state index in [4.69, 9.17) is 15.2 Å². The van der Waals surface area contributed by atoms with Crippen LogP contribution in [0.5, 0.6) is 0 Å². The second-order valence-corrected chi connectivity index (χ2v) is 5.17. The van der Waals surface area contributed by atoms with Gasteiger partial charge in [0.1, 0.15) is 0 Å². The fourth-order valence-electron chi connectivity index (χ4n) is 2.45. The quantitative estimate of drug-likeness (QED) is 0.551. The maximum Gasteiger partial charge on any atom is 0.179 e. The van der Waals surface area contributed by atoms with E-state index in [9.17, 15) is 4.79 Å². The second kappa shape index (κ2) is 8.08. The van der Waals surface area contributed by atoms with Crippen LogP contribution in [-0.2, 0) is 9.47 Å². The summed E-state index contributed by atoms with van der Waals surface area (Å²) in [6, 6.07) is 7.02. The second-order valence-electron chi connectivity index (χ2n) is 5.17. The molecule has 1 unspecified atom stereocenters. The first-order chi connectivity index (χ1) is 10.7. The minimum Gasteiger partial charge on any atom is -0.361 e. The SMILES string of the molecule is CCOC(CCC(N)C(=O)c1ccc2cc[nH]c2c1)OCC. The van der Waals surface area contributed by atoms with E-state index in [-0.39, 0.29) is 12.1 Å². The van der Waals surface area contributed by atoms with E-state index in [2.05, 4.69) is 4.98 Å². The van der Waals surface area contributed by atoms with Gasteiger partial charge < -0.3 is 20.2 Å². The zero-order valence-electron chi connectivity index (χ0n) is 13.2. The lowest BCUT2D eigenvalue weighted by molar-refractivity contribution is -0.140. The molecule has 1 heterocycles. The summed E-state index contributed by atoms with van der Waals surface area (Å²) in [6.07, 6.45) is 2.71. The van der Waals surface area contributed by atoms with E-state index in [1.807, 2.05) is 44.3 Å². The van der Waals surface area contributed by atoms with Crippen LogP contribution in [-0.4, -0.2) is 36.3 Å². The summed E-state index contributed by atoms with van der Waals surface area (Å²) in [7, 11) is 0. The van der Waals surface area contributed by atoms with Crippen molar-refractivity contribution in [1.82, 2.24) is 4.98 Å². The number of hydrogen-bond acceptors (Lipinski definition) is 4. The number of carbonyl (C=O) groups is 1. The van der Waals surface area contributed by atoms with Crippen molar-refractivity contribution in [2.45, 2.75) is 39.0 Å². The molecule has 3 N–H and O–H groups in total. The van der Waals surface area contributed by atoms with Gasteiger partial charge in [-0.15, -0.1) is 0 Å². The van der Waals surface area contributed by atoms with Gasteiger partial charge in [-0.1, -0.05) is 12.1 Å². The number of aromatic nitrogens is 1. The molecule has 1 aromatic carbocycles. The van der Waals surface area contributed by atoms with Gasteiger partial charge in [-0.05, 0) is 37.8 Å². The van der Waals surface area contributed by atoms with Gasteiger partial charge in [0.2, 0.25) is 0 Å². The van der Waals surface area contributed by atoms with Gasteiger partial charge in [-0.3, -0.25) is 4.79 Å². The highest BCUT2D eigenvalue weighted by molar-refractivity contribution is 6.02. The molecule has 0 aliphatic carbocycles. The van der Waals surface area contributed by atoms with Crippen LogP contribution >= 0.6 is 0 Å². The molecule has 0 amide bonds. The van der Waals surface area contributed by atoms with Crippen LogP contribution < -0.4 is 5.73 Å². The van der Waals surface area contributed by atoms with Crippen LogP contribution in [0.25, 0.3) is 10.9 Å². The number of H-pyrrole nitrogens is 1. The Morgan fingerprint density at radius 1 is 1.18 bits per heavy atom. The average Bonchev–Trinajstić information content (AvgIpc) is 2.99. The van der Waals surface area contributed by atoms with Crippen molar-refractivity contribution in [2.75, 3.05) is 13.2 Å². The largest absolute Gasteiger partial charge is 0.361 e. The lowest BCUT2D eigenvalue weighted by Crippen LogP contribution is -2.32. The van der Waals surface area contributed by atoms with Gasteiger partial charge in [0.05, 0.1) is 6.04 Å². The molecule has 5 heteroatoms. The Balaban J connectivity index is 1.95. The minimum absolute atomic E-state index is 0.0525. The number of ether oxygens (including phenoxy) is 2. The molecule has 2 rings (SSSR count). The van der Waals surface area contributed by atoms with Crippen LogP contribution in [0, 0.1) is 0 Å². The van der Waals surface area contributed by atoms with Gasteiger partial charge in [-0.25, -0.2) is 0 Å². The van der Waals surface area contributed by atoms with E-state index in [1.165, 1.54) is 0 Å². The highest BCUT2D eigenvalue weighted by Gasteiger charge is 2.18. The molecular formula is C17H24N2O3. The molecule has 0 fully saturated rings. The molecular weight excluding hydrogens is 280 g/mol. The van der Waals surface area contributed by atoms with Gasteiger partial charge in [0, 0.05) is 36.9 Å². The number of fused-ring (bicyclic) bond motifs is 1. The molecule has 5 nitrogen and oxygen atoms in total. The van der Waals surface area contributed by atoms with Crippen molar-refractivity contribution in [3.05, 3.63) is 36.0 Å². The molecule has 120 valence electrons. The number of aromatic amines is 1. The smallest absolute Gasteiger partial charge is 0.179 e. The predicted molar refractivity (Wildman–Crippen MR) is 86.9 cm³/mol. The summed E-state index contributed by atoms with van der Waals surface area (Å²) in [6.45, 7) is 5.00. The topological polar surface area (TPSA) is 77.3 Å². The first-order valence-corrected chi connectivity index (χ1v) is 7.75. The fraction of sp³-hybridized carbons (Fsp3) is 0.471. The van der Waals surface area contributed by atoms with Crippen LogP contribution in [0.2, 0.25) is 0 Å². The molecule has 2 aromatic rings. The van der Waals surface area contributed by atoms with Crippen LogP contribution in [0.3, 0.4) is 0 Å². The lowest BCUT2D eigenvalue weighted by Gasteiger charge is -2.18. The third-order valence-electron chi connectivity index (χ3n) is 3.59. The molecule has 1 aromatic heterocycles. The third-order valence-corrected chi connectivity index (χ3v) is 3.59. The maximum absolute atomic E-state index is 12.4. The number of benzene rings is 1. The van der Waals surface area contributed by atoms with E-state index in [0.29, 0.717) is 31.6 Å². The van der Waals surface area contributed by atoms with Crippen molar-refractivity contribution < 1.29 is 14.3 Å². The van der Waals surface area contributed by atoms with E-state index >= 15 is 0 Å². The van der Waals surface area contributed by atoms with Gasteiger partial charge in [0.25, 0.3) is 0 Å². The number of carbonyl (C=O) groups excluding carboxylic acids is 1.